The van der Waals surface area contributed by atoms with Gasteiger partial charge in [-0.3, -0.25) is 0 Å². The second-order valence-electron chi connectivity index (χ2n) is 6.38. The number of ether oxygens (including phenoxy) is 2. The second kappa shape index (κ2) is 8.41. The maximum absolute atomic E-state index is 12.0. The van der Waals surface area contributed by atoms with Crippen molar-refractivity contribution in [3.63, 3.8) is 0 Å². The molecule has 0 aliphatic rings. The third-order valence-corrected chi connectivity index (χ3v) is 3.09. The van der Waals surface area contributed by atoms with Gasteiger partial charge < -0.3 is 19.7 Å². The fraction of sp³-hybridized carbons (Fsp3) is 0.529. The zero-order valence-corrected chi connectivity index (χ0v) is 14.5. The molecular formula is C17H26N2O4. The van der Waals surface area contributed by atoms with E-state index in [1.165, 1.54) is 4.90 Å². The monoisotopic (exact) mass is 322 g/mol. The Morgan fingerprint density at radius 1 is 1.22 bits per heavy atom. The smallest absolute Gasteiger partial charge is 0.410 e. The third-order valence-electron chi connectivity index (χ3n) is 3.09. The average Bonchev–Trinajstić information content (AvgIpc) is 2.48. The lowest BCUT2D eigenvalue weighted by atomic mass is 10.2. The number of hydrogen-bond donors (Lipinski definition) is 1. The number of rotatable bonds is 5. The lowest BCUT2D eigenvalue weighted by molar-refractivity contribution is 0.0502. The molecule has 0 bridgehead atoms. The Bertz CT molecular complexity index is 511. The molecule has 23 heavy (non-hydrogen) atoms. The molecule has 1 rings (SSSR count). The Morgan fingerprint density at radius 2 is 1.83 bits per heavy atom. The van der Waals surface area contributed by atoms with Crippen molar-refractivity contribution in [3.05, 3.63) is 35.9 Å². The summed E-state index contributed by atoms with van der Waals surface area (Å²) in [6.07, 6.45) is -0.942. The minimum absolute atomic E-state index is 0.217. The number of nitrogens with zero attached hydrogens (tertiary/aromatic N) is 1. The second-order valence-corrected chi connectivity index (χ2v) is 6.38. The standard InChI is InChI=1S/C17H26N2O4/c1-13(11-18-15(20)23-17(2,3)4)19(5)16(21)22-12-14-9-7-6-8-10-14/h6-10,13H,11-12H2,1-5H3,(H,18,20)/t13-/m1/s1. The van der Waals surface area contributed by atoms with Crippen molar-refractivity contribution in [2.75, 3.05) is 13.6 Å². The number of hydrogen-bond acceptors (Lipinski definition) is 4. The molecule has 2 amide bonds. The summed E-state index contributed by atoms with van der Waals surface area (Å²) in [6.45, 7) is 7.71. The van der Waals surface area contributed by atoms with Crippen LogP contribution in [-0.2, 0) is 16.1 Å². The van der Waals surface area contributed by atoms with Crippen molar-refractivity contribution in [1.29, 1.82) is 0 Å². The Kier molecular flexibility index (Phi) is 6.88. The van der Waals surface area contributed by atoms with Gasteiger partial charge in [-0.25, -0.2) is 9.59 Å². The lowest BCUT2D eigenvalue weighted by Crippen LogP contribution is -2.44. The van der Waals surface area contributed by atoms with Gasteiger partial charge in [-0.1, -0.05) is 30.3 Å². The number of alkyl carbamates (subject to hydrolysis) is 1. The largest absolute Gasteiger partial charge is 0.445 e. The van der Waals surface area contributed by atoms with Crippen molar-refractivity contribution < 1.29 is 19.1 Å². The average molecular weight is 322 g/mol. The summed E-state index contributed by atoms with van der Waals surface area (Å²) in [5.41, 5.74) is 0.377. The van der Waals surface area contributed by atoms with Crippen LogP contribution in [0.2, 0.25) is 0 Å². The van der Waals surface area contributed by atoms with Crippen LogP contribution in [0.25, 0.3) is 0 Å². The summed E-state index contributed by atoms with van der Waals surface area (Å²) in [6, 6.07) is 9.25. The van der Waals surface area contributed by atoms with Gasteiger partial charge in [0.1, 0.15) is 12.2 Å². The maximum Gasteiger partial charge on any atom is 0.410 e. The molecule has 1 aromatic rings. The molecule has 1 atom stereocenters. The van der Waals surface area contributed by atoms with Crippen molar-refractivity contribution in [2.45, 2.75) is 45.9 Å². The molecule has 0 fully saturated rings. The summed E-state index contributed by atoms with van der Waals surface area (Å²) in [4.78, 5) is 25.0. The van der Waals surface area contributed by atoms with E-state index in [1.807, 2.05) is 37.3 Å². The van der Waals surface area contributed by atoms with Crippen molar-refractivity contribution in [2.24, 2.45) is 0 Å². The van der Waals surface area contributed by atoms with Crippen LogP contribution in [0.5, 0.6) is 0 Å². The van der Waals surface area contributed by atoms with E-state index >= 15 is 0 Å². The first-order chi connectivity index (χ1) is 10.7. The quantitative estimate of drug-likeness (QED) is 0.904. The highest BCUT2D eigenvalue weighted by atomic mass is 16.6. The molecule has 0 spiro atoms. The summed E-state index contributed by atoms with van der Waals surface area (Å²) >= 11 is 0. The summed E-state index contributed by atoms with van der Waals surface area (Å²) in [7, 11) is 1.63. The lowest BCUT2D eigenvalue weighted by Gasteiger charge is -2.25. The van der Waals surface area contributed by atoms with Crippen LogP contribution >= 0.6 is 0 Å². The van der Waals surface area contributed by atoms with E-state index in [4.69, 9.17) is 9.47 Å². The van der Waals surface area contributed by atoms with Crippen molar-refractivity contribution >= 4 is 12.2 Å². The molecule has 0 saturated heterocycles. The summed E-state index contributed by atoms with van der Waals surface area (Å²) < 4.78 is 10.4. The van der Waals surface area contributed by atoms with Crippen molar-refractivity contribution in [3.8, 4) is 0 Å². The molecule has 1 N–H and O–H groups in total. The number of benzene rings is 1. The normalized spacial score (nSPS) is 12.2. The highest BCUT2D eigenvalue weighted by Gasteiger charge is 2.20. The molecule has 0 aliphatic heterocycles. The van der Waals surface area contributed by atoms with E-state index in [0.29, 0.717) is 0 Å². The fourth-order valence-electron chi connectivity index (χ4n) is 1.68. The highest BCUT2D eigenvalue weighted by Crippen LogP contribution is 2.07. The molecule has 0 saturated carbocycles. The van der Waals surface area contributed by atoms with Crippen LogP contribution in [0.3, 0.4) is 0 Å². The molecule has 0 aliphatic carbocycles. The van der Waals surface area contributed by atoms with Crippen LogP contribution < -0.4 is 5.32 Å². The first-order valence-electron chi connectivity index (χ1n) is 7.59. The maximum atomic E-state index is 12.0. The molecule has 128 valence electrons. The Labute approximate surface area is 137 Å². The summed E-state index contributed by atoms with van der Waals surface area (Å²) in [5.74, 6) is 0. The minimum atomic E-state index is -0.548. The van der Waals surface area contributed by atoms with Gasteiger partial charge in [0.25, 0.3) is 0 Å². The van der Waals surface area contributed by atoms with Crippen LogP contribution in [0.4, 0.5) is 9.59 Å². The van der Waals surface area contributed by atoms with E-state index in [1.54, 1.807) is 27.8 Å². The molecular weight excluding hydrogens is 296 g/mol. The molecule has 0 radical (unpaired) electrons. The number of amides is 2. The zero-order chi connectivity index (χ0) is 17.5. The highest BCUT2D eigenvalue weighted by molar-refractivity contribution is 5.69. The van der Waals surface area contributed by atoms with E-state index in [2.05, 4.69) is 5.32 Å². The Morgan fingerprint density at radius 3 is 2.39 bits per heavy atom. The predicted octanol–water partition coefficient (Wildman–Crippen LogP) is 3.17. The van der Waals surface area contributed by atoms with Gasteiger partial charge in [0.2, 0.25) is 0 Å². The first-order valence-corrected chi connectivity index (χ1v) is 7.59. The molecule has 6 heteroatoms. The molecule has 0 heterocycles. The van der Waals surface area contributed by atoms with E-state index in [9.17, 15) is 9.59 Å². The molecule has 1 aromatic carbocycles. The minimum Gasteiger partial charge on any atom is -0.445 e. The van der Waals surface area contributed by atoms with Gasteiger partial charge in [0, 0.05) is 19.6 Å². The molecule has 0 aromatic heterocycles. The number of carbonyl (C=O) groups excluding carboxylic acids is 2. The van der Waals surface area contributed by atoms with Gasteiger partial charge >= 0.3 is 12.2 Å². The van der Waals surface area contributed by atoms with Crippen LogP contribution in [0, 0.1) is 0 Å². The van der Waals surface area contributed by atoms with E-state index in [0.717, 1.165) is 5.56 Å². The van der Waals surface area contributed by atoms with Crippen LogP contribution in [0.15, 0.2) is 30.3 Å². The Hall–Kier alpha value is -2.24. The van der Waals surface area contributed by atoms with E-state index in [-0.39, 0.29) is 19.2 Å². The molecule has 0 unspecified atom stereocenters. The zero-order valence-electron chi connectivity index (χ0n) is 14.5. The van der Waals surface area contributed by atoms with Gasteiger partial charge in [-0.2, -0.15) is 0 Å². The van der Waals surface area contributed by atoms with Crippen molar-refractivity contribution in [1.82, 2.24) is 10.2 Å². The topological polar surface area (TPSA) is 67.9 Å². The SMILES string of the molecule is C[C@H](CNC(=O)OC(C)(C)C)N(C)C(=O)OCc1ccccc1. The van der Waals surface area contributed by atoms with Crippen LogP contribution in [0.1, 0.15) is 33.3 Å². The number of likely N-dealkylation sites (N-methyl/N-ethyl adjacent to an activating group) is 1. The summed E-state index contributed by atoms with van der Waals surface area (Å²) in [5, 5.41) is 2.64. The van der Waals surface area contributed by atoms with Gasteiger partial charge in [0.15, 0.2) is 0 Å². The van der Waals surface area contributed by atoms with Gasteiger partial charge in [-0.05, 0) is 33.3 Å². The van der Waals surface area contributed by atoms with Gasteiger partial charge in [-0.15, -0.1) is 0 Å². The van der Waals surface area contributed by atoms with Crippen LogP contribution in [-0.4, -0.2) is 42.3 Å². The number of carbonyl (C=O) groups is 2. The third kappa shape index (κ3) is 7.54. The van der Waals surface area contributed by atoms with E-state index < -0.39 is 17.8 Å². The Balaban J connectivity index is 2.36. The first kappa shape index (κ1) is 18.8. The predicted molar refractivity (Wildman–Crippen MR) is 88.1 cm³/mol. The molecule has 6 nitrogen and oxygen atoms in total. The fourth-order valence-corrected chi connectivity index (χ4v) is 1.68. The number of nitrogens with one attached hydrogen (secondary N) is 1. The van der Waals surface area contributed by atoms with Gasteiger partial charge in [0.05, 0.1) is 0 Å².